The highest BCUT2D eigenvalue weighted by Crippen LogP contribution is 2.33. The SMILES string of the molecule is CC1CCNC1C(=O)Nc1ccc(F)c(C(F)(F)F)c1. The molecule has 1 heterocycles. The number of hydrogen-bond acceptors (Lipinski definition) is 2. The first kappa shape index (κ1) is 14.8. The summed E-state index contributed by atoms with van der Waals surface area (Å²) in [5.74, 6) is -1.66. The Hall–Kier alpha value is -1.63. The fraction of sp³-hybridized carbons (Fsp3) is 0.462. The number of rotatable bonds is 2. The van der Waals surface area contributed by atoms with Gasteiger partial charge in [0.05, 0.1) is 11.6 Å². The van der Waals surface area contributed by atoms with E-state index in [1.165, 1.54) is 0 Å². The van der Waals surface area contributed by atoms with Crippen molar-refractivity contribution < 1.29 is 22.4 Å². The second-order valence-corrected chi connectivity index (χ2v) is 4.88. The number of halogens is 4. The Morgan fingerprint density at radius 1 is 1.40 bits per heavy atom. The minimum atomic E-state index is -4.79. The molecule has 1 aliphatic rings. The molecular weight excluding hydrogens is 276 g/mol. The number of alkyl halides is 3. The van der Waals surface area contributed by atoms with Crippen molar-refractivity contribution in [1.82, 2.24) is 5.32 Å². The Morgan fingerprint density at radius 2 is 2.10 bits per heavy atom. The van der Waals surface area contributed by atoms with Gasteiger partial charge in [-0.25, -0.2) is 4.39 Å². The molecule has 1 aromatic rings. The summed E-state index contributed by atoms with van der Waals surface area (Å²) >= 11 is 0. The Bertz CT molecular complexity index is 516. The van der Waals surface area contributed by atoms with E-state index in [0.29, 0.717) is 18.7 Å². The van der Waals surface area contributed by atoms with Gasteiger partial charge >= 0.3 is 6.18 Å². The summed E-state index contributed by atoms with van der Waals surface area (Å²) in [6.45, 7) is 2.58. The molecule has 2 N–H and O–H groups in total. The first-order valence-corrected chi connectivity index (χ1v) is 6.20. The molecular formula is C13H14F4N2O. The molecule has 2 unspecified atom stereocenters. The van der Waals surface area contributed by atoms with Crippen LogP contribution in [0.1, 0.15) is 18.9 Å². The highest BCUT2D eigenvalue weighted by molar-refractivity contribution is 5.95. The second kappa shape index (κ2) is 5.40. The van der Waals surface area contributed by atoms with E-state index in [9.17, 15) is 22.4 Å². The van der Waals surface area contributed by atoms with Gasteiger partial charge in [-0.15, -0.1) is 0 Å². The predicted molar refractivity (Wildman–Crippen MR) is 65.6 cm³/mol. The molecule has 1 amide bonds. The molecule has 20 heavy (non-hydrogen) atoms. The molecule has 0 bridgehead atoms. The van der Waals surface area contributed by atoms with Gasteiger partial charge in [-0.3, -0.25) is 4.79 Å². The summed E-state index contributed by atoms with van der Waals surface area (Å²) in [4.78, 5) is 11.9. The molecule has 0 aliphatic carbocycles. The lowest BCUT2D eigenvalue weighted by atomic mass is 10.0. The van der Waals surface area contributed by atoms with Crippen LogP contribution >= 0.6 is 0 Å². The average Bonchev–Trinajstić information content (AvgIpc) is 2.76. The Kier molecular flexibility index (Phi) is 3.99. The first-order valence-electron chi connectivity index (χ1n) is 6.20. The Balaban J connectivity index is 2.16. The fourth-order valence-corrected chi connectivity index (χ4v) is 2.23. The molecule has 0 saturated carbocycles. The van der Waals surface area contributed by atoms with Crippen molar-refractivity contribution in [2.24, 2.45) is 5.92 Å². The van der Waals surface area contributed by atoms with Gasteiger partial charge in [0.25, 0.3) is 0 Å². The van der Waals surface area contributed by atoms with E-state index < -0.39 is 29.5 Å². The van der Waals surface area contributed by atoms with Gasteiger partial charge < -0.3 is 10.6 Å². The van der Waals surface area contributed by atoms with Gasteiger partial charge in [0.1, 0.15) is 5.82 Å². The monoisotopic (exact) mass is 290 g/mol. The van der Waals surface area contributed by atoms with Crippen molar-refractivity contribution in [3.05, 3.63) is 29.6 Å². The van der Waals surface area contributed by atoms with Crippen LogP contribution in [0.25, 0.3) is 0 Å². The number of anilines is 1. The molecule has 0 spiro atoms. The quantitative estimate of drug-likeness (QED) is 0.822. The normalized spacial score (nSPS) is 22.9. The van der Waals surface area contributed by atoms with Gasteiger partial charge in [-0.2, -0.15) is 13.2 Å². The number of carbonyl (C=O) groups excluding carboxylic acids is 1. The van der Waals surface area contributed by atoms with Gasteiger partial charge in [-0.05, 0) is 37.1 Å². The van der Waals surface area contributed by atoms with Gasteiger partial charge in [0, 0.05) is 5.69 Å². The lowest BCUT2D eigenvalue weighted by Gasteiger charge is -2.16. The largest absolute Gasteiger partial charge is 0.419 e. The molecule has 1 fully saturated rings. The van der Waals surface area contributed by atoms with Crippen molar-refractivity contribution in [3.8, 4) is 0 Å². The molecule has 2 atom stereocenters. The van der Waals surface area contributed by atoms with Crippen LogP contribution in [-0.2, 0) is 11.0 Å². The summed E-state index contributed by atoms with van der Waals surface area (Å²) in [7, 11) is 0. The maximum atomic E-state index is 13.1. The molecule has 7 heteroatoms. The minimum absolute atomic E-state index is 0.0652. The summed E-state index contributed by atoms with van der Waals surface area (Å²) in [6.07, 6.45) is -3.96. The van der Waals surface area contributed by atoms with Crippen LogP contribution < -0.4 is 10.6 Å². The van der Waals surface area contributed by atoms with Gasteiger partial charge in [0.15, 0.2) is 0 Å². The van der Waals surface area contributed by atoms with Gasteiger partial charge in [-0.1, -0.05) is 6.92 Å². The third-order valence-electron chi connectivity index (χ3n) is 3.35. The second-order valence-electron chi connectivity index (χ2n) is 4.88. The third-order valence-corrected chi connectivity index (χ3v) is 3.35. The molecule has 1 saturated heterocycles. The third kappa shape index (κ3) is 3.09. The van der Waals surface area contributed by atoms with Crippen molar-refractivity contribution in [1.29, 1.82) is 0 Å². The number of benzene rings is 1. The summed E-state index contributed by atoms with van der Waals surface area (Å²) < 4.78 is 50.8. The molecule has 0 aromatic heterocycles. The van der Waals surface area contributed by atoms with E-state index >= 15 is 0 Å². The highest BCUT2D eigenvalue weighted by Gasteiger charge is 2.35. The molecule has 110 valence electrons. The van der Waals surface area contributed by atoms with Crippen molar-refractivity contribution in [2.75, 3.05) is 11.9 Å². The van der Waals surface area contributed by atoms with Crippen LogP contribution in [0.5, 0.6) is 0 Å². The molecule has 3 nitrogen and oxygen atoms in total. The zero-order valence-electron chi connectivity index (χ0n) is 10.7. The Morgan fingerprint density at radius 3 is 2.65 bits per heavy atom. The van der Waals surface area contributed by atoms with E-state index in [0.717, 1.165) is 12.5 Å². The van der Waals surface area contributed by atoms with E-state index in [-0.39, 0.29) is 11.6 Å². The topological polar surface area (TPSA) is 41.1 Å². The van der Waals surface area contributed by atoms with Crippen LogP contribution in [0, 0.1) is 11.7 Å². The summed E-state index contributed by atoms with van der Waals surface area (Å²) in [5.41, 5.74) is -1.45. The van der Waals surface area contributed by atoms with Crippen molar-refractivity contribution >= 4 is 11.6 Å². The fourth-order valence-electron chi connectivity index (χ4n) is 2.23. The summed E-state index contributed by atoms with van der Waals surface area (Å²) in [6, 6.07) is 1.98. The highest BCUT2D eigenvalue weighted by atomic mass is 19.4. The van der Waals surface area contributed by atoms with Gasteiger partial charge in [0.2, 0.25) is 5.91 Å². The Labute approximate surface area is 113 Å². The lowest BCUT2D eigenvalue weighted by Crippen LogP contribution is -2.39. The van der Waals surface area contributed by atoms with E-state index in [2.05, 4.69) is 10.6 Å². The molecule has 2 rings (SSSR count). The van der Waals surface area contributed by atoms with Crippen molar-refractivity contribution in [3.63, 3.8) is 0 Å². The standard InChI is InChI=1S/C13H14F4N2O/c1-7-4-5-18-11(7)12(20)19-8-2-3-10(14)9(6-8)13(15,16)17/h2-3,6-7,11,18H,4-5H2,1H3,(H,19,20). The maximum Gasteiger partial charge on any atom is 0.419 e. The van der Waals surface area contributed by atoms with Crippen LogP contribution in [0.3, 0.4) is 0 Å². The summed E-state index contributed by atoms with van der Waals surface area (Å²) in [5, 5.41) is 5.36. The zero-order chi connectivity index (χ0) is 14.9. The van der Waals surface area contributed by atoms with Crippen LogP contribution in [0.2, 0.25) is 0 Å². The smallest absolute Gasteiger partial charge is 0.325 e. The van der Waals surface area contributed by atoms with Crippen molar-refractivity contribution in [2.45, 2.75) is 25.6 Å². The van der Waals surface area contributed by atoms with E-state index in [4.69, 9.17) is 0 Å². The zero-order valence-corrected chi connectivity index (χ0v) is 10.7. The van der Waals surface area contributed by atoms with E-state index in [1.54, 1.807) is 0 Å². The predicted octanol–water partition coefficient (Wildman–Crippen LogP) is 2.78. The first-order chi connectivity index (χ1) is 9.29. The maximum absolute atomic E-state index is 13.1. The van der Waals surface area contributed by atoms with E-state index in [1.807, 2.05) is 6.92 Å². The number of amides is 1. The number of hydrogen-bond donors (Lipinski definition) is 2. The molecule has 1 aliphatic heterocycles. The molecule has 1 aromatic carbocycles. The van der Waals surface area contributed by atoms with Crippen LogP contribution in [0.4, 0.5) is 23.2 Å². The molecule has 0 radical (unpaired) electrons. The number of carbonyl (C=O) groups is 1. The number of nitrogens with one attached hydrogen (secondary N) is 2. The minimum Gasteiger partial charge on any atom is -0.325 e. The van der Waals surface area contributed by atoms with Crippen LogP contribution in [0.15, 0.2) is 18.2 Å². The average molecular weight is 290 g/mol. The lowest BCUT2D eigenvalue weighted by molar-refractivity contribution is -0.140. The van der Waals surface area contributed by atoms with Crippen LogP contribution in [-0.4, -0.2) is 18.5 Å².